The molecule has 0 aliphatic carbocycles. The Morgan fingerprint density at radius 1 is 1.42 bits per heavy atom. The molecule has 0 aromatic heterocycles. The lowest BCUT2D eigenvalue weighted by Crippen LogP contribution is -2.41. The number of carboxylic acid groups (broad SMARTS) is 1. The average molecular weight is 171 g/mol. The predicted octanol–water partition coefficient (Wildman–Crippen LogP) is 0.953. The van der Waals surface area contributed by atoms with Crippen LogP contribution in [0.25, 0.3) is 0 Å². The maximum Gasteiger partial charge on any atom is 0.303 e. The maximum atomic E-state index is 10.5. The molecule has 2 N–H and O–H groups in total. The van der Waals surface area contributed by atoms with Crippen molar-refractivity contribution < 1.29 is 9.90 Å². The summed E-state index contributed by atoms with van der Waals surface area (Å²) in [6.45, 7) is 6.16. The van der Waals surface area contributed by atoms with E-state index >= 15 is 0 Å². The third kappa shape index (κ3) is 2.21. The van der Waals surface area contributed by atoms with Crippen molar-refractivity contribution >= 4 is 5.97 Å². The molecule has 0 amide bonds. The molecule has 3 nitrogen and oxygen atoms in total. The van der Waals surface area contributed by atoms with Gasteiger partial charge in [-0.25, -0.2) is 0 Å². The second kappa shape index (κ2) is 3.90. The SMILES string of the molecule is CC1CNCC(C)C1CC(=O)O. The first-order chi connectivity index (χ1) is 5.61. The molecular formula is C9H17NO2. The molecule has 0 bridgehead atoms. The highest BCUT2D eigenvalue weighted by molar-refractivity contribution is 5.67. The van der Waals surface area contributed by atoms with E-state index in [-0.39, 0.29) is 0 Å². The molecule has 2 unspecified atom stereocenters. The molecule has 0 aromatic carbocycles. The number of rotatable bonds is 2. The van der Waals surface area contributed by atoms with E-state index in [9.17, 15) is 4.79 Å². The van der Waals surface area contributed by atoms with Crippen LogP contribution in [-0.2, 0) is 4.79 Å². The van der Waals surface area contributed by atoms with E-state index in [1.54, 1.807) is 0 Å². The molecule has 2 atom stereocenters. The van der Waals surface area contributed by atoms with Crippen LogP contribution in [0.4, 0.5) is 0 Å². The van der Waals surface area contributed by atoms with Gasteiger partial charge in [0.05, 0.1) is 0 Å². The molecule has 1 aliphatic heterocycles. The highest BCUT2D eigenvalue weighted by atomic mass is 16.4. The Labute approximate surface area is 73.2 Å². The van der Waals surface area contributed by atoms with Crippen LogP contribution in [0.1, 0.15) is 20.3 Å². The summed E-state index contributed by atoms with van der Waals surface area (Å²) in [5.41, 5.74) is 0. The Morgan fingerprint density at radius 2 is 1.92 bits per heavy atom. The molecule has 0 saturated carbocycles. The first-order valence-corrected chi connectivity index (χ1v) is 4.53. The van der Waals surface area contributed by atoms with Crippen LogP contribution in [0.5, 0.6) is 0 Å². The second-order valence-electron chi connectivity index (χ2n) is 3.87. The molecular weight excluding hydrogens is 154 g/mol. The molecule has 12 heavy (non-hydrogen) atoms. The zero-order chi connectivity index (χ0) is 9.14. The van der Waals surface area contributed by atoms with E-state index in [1.807, 2.05) is 0 Å². The number of hydrogen-bond donors (Lipinski definition) is 2. The smallest absolute Gasteiger partial charge is 0.303 e. The first-order valence-electron chi connectivity index (χ1n) is 4.53. The number of carboxylic acids is 1. The van der Waals surface area contributed by atoms with Gasteiger partial charge in [-0.05, 0) is 30.8 Å². The lowest BCUT2D eigenvalue weighted by Gasteiger charge is -2.34. The van der Waals surface area contributed by atoms with E-state index in [0.717, 1.165) is 13.1 Å². The van der Waals surface area contributed by atoms with Crippen molar-refractivity contribution in [3.63, 3.8) is 0 Å². The van der Waals surface area contributed by atoms with Gasteiger partial charge < -0.3 is 10.4 Å². The first kappa shape index (κ1) is 9.52. The molecule has 3 heteroatoms. The quantitative estimate of drug-likeness (QED) is 0.650. The van der Waals surface area contributed by atoms with Crippen LogP contribution in [0.2, 0.25) is 0 Å². The highest BCUT2D eigenvalue weighted by Crippen LogP contribution is 2.26. The minimum Gasteiger partial charge on any atom is -0.481 e. The largest absolute Gasteiger partial charge is 0.481 e. The number of nitrogens with one attached hydrogen (secondary N) is 1. The Bertz CT molecular complexity index is 160. The summed E-state index contributed by atoms with van der Waals surface area (Å²) in [6, 6.07) is 0. The summed E-state index contributed by atoms with van der Waals surface area (Å²) in [5.74, 6) is 0.666. The van der Waals surface area contributed by atoms with E-state index in [0.29, 0.717) is 24.2 Å². The predicted molar refractivity (Wildman–Crippen MR) is 46.9 cm³/mol. The summed E-state index contributed by atoms with van der Waals surface area (Å²) in [5, 5.41) is 12.0. The van der Waals surface area contributed by atoms with Crippen molar-refractivity contribution in [3.05, 3.63) is 0 Å². The van der Waals surface area contributed by atoms with Crippen molar-refractivity contribution in [3.8, 4) is 0 Å². The van der Waals surface area contributed by atoms with Gasteiger partial charge in [-0.3, -0.25) is 4.79 Å². The lowest BCUT2D eigenvalue weighted by molar-refractivity contribution is -0.139. The molecule has 1 fully saturated rings. The summed E-state index contributed by atoms with van der Waals surface area (Å²) in [6.07, 6.45) is 0.323. The fraction of sp³-hybridized carbons (Fsp3) is 0.889. The number of carbonyl (C=O) groups is 1. The average Bonchev–Trinajstić information content (AvgIpc) is 1.97. The van der Waals surface area contributed by atoms with E-state index in [2.05, 4.69) is 19.2 Å². The summed E-state index contributed by atoms with van der Waals surface area (Å²) in [4.78, 5) is 10.5. The van der Waals surface area contributed by atoms with Gasteiger partial charge in [-0.1, -0.05) is 13.8 Å². The van der Waals surface area contributed by atoms with Crippen LogP contribution in [0.15, 0.2) is 0 Å². The van der Waals surface area contributed by atoms with Crippen molar-refractivity contribution in [2.45, 2.75) is 20.3 Å². The monoisotopic (exact) mass is 171 g/mol. The Morgan fingerprint density at radius 3 is 2.33 bits per heavy atom. The van der Waals surface area contributed by atoms with Gasteiger partial charge in [0, 0.05) is 6.42 Å². The highest BCUT2D eigenvalue weighted by Gasteiger charge is 2.28. The fourth-order valence-corrected chi connectivity index (χ4v) is 2.01. The van der Waals surface area contributed by atoms with E-state index < -0.39 is 5.97 Å². The third-order valence-electron chi connectivity index (χ3n) is 2.80. The molecule has 70 valence electrons. The Kier molecular flexibility index (Phi) is 3.09. The molecule has 0 spiro atoms. The van der Waals surface area contributed by atoms with Crippen LogP contribution in [-0.4, -0.2) is 24.2 Å². The number of piperidine rings is 1. The second-order valence-corrected chi connectivity index (χ2v) is 3.87. The summed E-state index contributed by atoms with van der Waals surface area (Å²) < 4.78 is 0. The van der Waals surface area contributed by atoms with Crippen LogP contribution >= 0.6 is 0 Å². The van der Waals surface area contributed by atoms with Crippen LogP contribution in [0, 0.1) is 17.8 Å². The van der Waals surface area contributed by atoms with Crippen LogP contribution < -0.4 is 5.32 Å². The summed E-state index contributed by atoms with van der Waals surface area (Å²) in [7, 11) is 0. The Balaban J connectivity index is 2.50. The maximum absolute atomic E-state index is 10.5. The van der Waals surface area contributed by atoms with Crippen molar-refractivity contribution in [2.24, 2.45) is 17.8 Å². The van der Waals surface area contributed by atoms with Gasteiger partial charge in [0.15, 0.2) is 0 Å². The zero-order valence-corrected chi connectivity index (χ0v) is 7.71. The number of aliphatic carboxylic acids is 1. The van der Waals surface area contributed by atoms with Gasteiger partial charge in [0.1, 0.15) is 0 Å². The lowest BCUT2D eigenvalue weighted by atomic mass is 9.78. The van der Waals surface area contributed by atoms with Gasteiger partial charge in [0.2, 0.25) is 0 Å². The molecule has 1 rings (SSSR count). The van der Waals surface area contributed by atoms with E-state index in [1.165, 1.54) is 0 Å². The third-order valence-corrected chi connectivity index (χ3v) is 2.80. The molecule has 1 saturated heterocycles. The fourth-order valence-electron chi connectivity index (χ4n) is 2.01. The topological polar surface area (TPSA) is 49.3 Å². The molecule has 1 aliphatic rings. The van der Waals surface area contributed by atoms with Gasteiger partial charge in [-0.15, -0.1) is 0 Å². The minimum absolute atomic E-state index is 0.323. The van der Waals surface area contributed by atoms with E-state index in [4.69, 9.17) is 5.11 Å². The zero-order valence-electron chi connectivity index (χ0n) is 7.71. The van der Waals surface area contributed by atoms with Crippen LogP contribution in [0.3, 0.4) is 0 Å². The van der Waals surface area contributed by atoms with Gasteiger partial charge >= 0.3 is 5.97 Å². The van der Waals surface area contributed by atoms with Crippen molar-refractivity contribution in [2.75, 3.05) is 13.1 Å². The standard InChI is InChI=1S/C9H17NO2/c1-6-4-10-5-7(2)8(6)3-9(11)12/h6-8,10H,3-5H2,1-2H3,(H,11,12). The molecule has 0 aromatic rings. The molecule has 1 heterocycles. The number of hydrogen-bond acceptors (Lipinski definition) is 2. The summed E-state index contributed by atoms with van der Waals surface area (Å²) >= 11 is 0. The minimum atomic E-state index is -0.666. The van der Waals surface area contributed by atoms with Gasteiger partial charge in [-0.2, -0.15) is 0 Å². The van der Waals surface area contributed by atoms with Crippen molar-refractivity contribution in [1.29, 1.82) is 0 Å². The van der Waals surface area contributed by atoms with Gasteiger partial charge in [0.25, 0.3) is 0 Å². The molecule has 0 radical (unpaired) electrons. The van der Waals surface area contributed by atoms with Crippen molar-refractivity contribution in [1.82, 2.24) is 5.32 Å². The normalized spacial score (nSPS) is 36.3. The Hall–Kier alpha value is -0.570.